The van der Waals surface area contributed by atoms with Crippen molar-refractivity contribution in [3.8, 4) is 0 Å². The highest BCUT2D eigenvalue weighted by atomic mass is 32.1. The van der Waals surface area contributed by atoms with Crippen LogP contribution in [0.1, 0.15) is 72.2 Å². The molecule has 1 saturated carbocycles. The Hall–Kier alpha value is -1.17. The summed E-state index contributed by atoms with van der Waals surface area (Å²) in [7, 11) is 0. The minimum absolute atomic E-state index is 0.0923. The van der Waals surface area contributed by atoms with Crippen molar-refractivity contribution in [3.05, 3.63) is 10.6 Å². The van der Waals surface area contributed by atoms with Gasteiger partial charge in [0, 0.05) is 31.0 Å². The zero-order valence-corrected chi connectivity index (χ0v) is 16.5. The molecule has 0 unspecified atom stereocenters. The molecule has 1 aliphatic carbocycles. The second-order valence-electron chi connectivity index (χ2n) is 8.85. The smallest absolute Gasteiger partial charge is 0.226 e. The molecule has 1 aromatic rings. The van der Waals surface area contributed by atoms with E-state index in [2.05, 4.69) is 61.2 Å². The van der Waals surface area contributed by atoms with Crippen molar-refractivity contribution in [2.24, 2.45) is 16.7 Å². The van der Waals surface area contributed by atoms with Gasteiger partial charge in [0.05, 0.1) is 0 Å². The SMILES string of the molecule is CC(C)n1c([C@H]2CCCN(C(=O)C3C(C)(C)C3(C)C)C2)n[nH]c1=S. The van der Waals surface area contributed by atoms with Crippen molar-refractivity contribution < 1.29 is 4.79 Å². The molecule has 2 fully saturated rings. The van der Waals surface area contributed by atoms with Gasteiger partial charge in [-0.15, -0.1) is 0 Å². The third-order valence-corrected chi connectivity index (χ3v) is 6.90. The molecule has 3 rings (SSSR count). The first kappa shape index (κ1) is 17.6. The van der Waals surface area contributed by atoms with Gasteiger partial charge in [-0.2, -0.15) is 5.10 Å². The standard InChI is InChI=1S/C18H30N4OS/c1-11(2)22-14(19-20-16(22)24)12-8-7-9-21(10-12)15(23)13-17(3,4)18(13,5)6/h11-13H,7-10H2,1-6H3,(H,20,24)/t12-/m0/s1. The molecule has 0 spiro atoms. The normalized spacial score (nSPS) is 26.0. The van der Waals surface area contributed by atoms with Crippen LogP contribution in [-0.2, 0) is 4.79 Å². The van der Waals surface area contributed by atoms with Gasteiger partial charge in [-0.1, -0.05) is 27.7 Å². The monoisotopic (exact) mass is 350 g/mol. The maximum Gasteiger partial charge on any atom is 0.226 e. The van der Waals surface area contributed by atoms with Crippen molar-refractivity contribution in [1.82, 2.24) is 19.7 Å². The molecule has 0 bridgehead atoms. The van der Waals surface area contributed by atoms with E-state index in [1.165, 1.54) is 0 Å². The summed E-state index contributed by atoms with van der Waals surface area (Å²) in [5.41, 5.74) is 0.185. The van der Waals surface area contributed by atoms with Gasteiger partial charge >= 0.3 is 0 Å². The fourth-order valence-electron chi connectivity index (χ4n) is 4.49. The largest absolute Gasteiger partial charge is 0.342 e. The lowest BCUT2D eigenvalue weighted by molar-refractivity contribution is -0.135. The Kier molecular flexibility index (Phi) is 4.18. The topological polar surface area (TPSA) is 53.9 Å². The van der Waals surface area contributed by atoms with Crippen LogP contribution in [0, 0.1) is 21.5 Å². The molecule has 0 aromatic carbocycles. The van der Waals surface area contributed by atoms with Gasteiger partial charge in [-0.25, -0.2) is 0 Å². The fraction of sp³-hybridized carbons (Fsp3) is 0.833. The van der Waals surface area contributed by atoms with Crippen molar-refractivity contribution in [3.63, 3.8) is 0 Å². The van der Waals surface area contributed by atoms with Crippen molar-refractivity contribution >= 4 is 18.1 Å². The highest BCUT2D eigenvalue weighted by molar-refractivity contribution is 7.71. The molecule has 1 aliphatic heterocycles. The zero-order chi connectivity index (χ0) is 17.9. The van der Waals surface area contributed by atoms with Crippen molar-refractivity contribution in [2.75, 3.05) is 13.1 Å². The lowest BCUT2D eigenvalue weighted by Crippen LogP contribution is -2.41. The Balaban J connectivity index is 1.79. The number of aromatic nitrogens is 3. The molecule has 2 heterocycles. The van der Waals surface area contributed by atoms with E-state index in [1.54, 1.807) is 0 Å². The van der Waals surface area contributed by atoms with Gasteiger partial charge in [0.25, 0.3) is 0 Å². The van der Waals surface area contributed by atoms with Crippen LogP contribution in [0.4, 0.5) is 0 Å². The molecule has 5 nitrogen and oxygen atoms in total. The van der Waals surface area contributed by atoms with Crippen LogP contribution in [0.2, 0.25) is 0 Å². The molecule has 134 valence electrons. The molecule has 1 amide bonds. The van der Waals surface area contributed by atoms with Gasteiger partial charge < -0.3 is 9.47 Å². The maximum absolute atomic E-state index is 13.1. The molecule has 1 aromatic heterocycles. The fourth-order valence-corrected chi connectivity index (χ4v) is 4.84. The van der Waals surface area contributed by atoms with E-state index in [0.717, 1.165) is 31.8 Å². The van der Waals surface area contributed by atoms with Crippen molar-refractivity contribution in [2.45, 2.75) is 66.3 Å². The summed E-state index contributed by atoms with van der Waals surface area (Å²) in [6.07, 6.45) is 2.09. The van der Waals surface area contributed by atoms with Crippen LogP contribution in [0.25, 0.3) is 0 Å². The van der Waals surface area contributed by atoms with Gasteiger partial charge in [-0.05, 0) is 49.7 Å². The number of nitrogens with one attached hydrogen (secondary N) is 1. The van der Waals surface area contributed by atoms with Gasteiger partial charge in [0.15, 0.2) is 4.77 Å². The number of carbonyl (C=O) groups excluding carboxylic acids is 1. The van der Waals surface area contributed by atoms with Crippen LogP contribution >= 0.6 is 12.2 Å². The number of amides is 1. The molecule has 0 radical (unpaired) electrons. The summed E-state index contributed by atoms with van der Waals surface area (Å²) < 4.78 is 2.77. The Morgan fingerprint density at radius 1 is 1.29 bits per heavy atom. The van der Waals surface area contributed by atoms with Crippen LogP contribution < -0.4 is 0 Å². The molecule has 6 heteroatoms. The molecule has 24 heavy (non-hydrogen) atoms. The molecule has 2 aliphatic rings. The number of H-pyrrole nitrogens is 1. The first-order valence-electron chi connectivity index (χ1n) is 9.04. The van der Waals surface area contributed by atoms with E-state index in [4.69, 9.17) is 12.2 Å². The third kappa shape index (κ3) is 2.54. The Bertz CT molecular complexity index is 686. The number of rotatable bonds is 3. The van der Waals surface area contributed by atoms with E-state index >= 15 is 0 Å². The van der Waals surface area contributed by atoms with Crippen LogP contribution in [0.15, 0.2) is 0 Å². The lowest BCUT2D eigenvalue weighted by Gasteiger charge is -2.33. The van der Waals surface area contributed by atoms with E-state index < -0.39 is 0 Å². The summed E-state index contributed by atoms with van der Waals surface area (Å²) in [6.45, 7) is 14.7. The van der Waals surface area contributed by atoms with E-state index in [1.807, 2.05) is 0 Å². The Labute approximate surface area is 149 Å². The number of piperidine rings is 1. The predicted octanol–water partition coefficient (Wildman–Crippen LogP) is 3.91. The Morgan fingerprint density at radius 3 is 2.46 bits per heavy atom. The van der Waals surface area contributed by atoms with Gasteiger partial charge in [-0.3, -0.25) is 9.89 Å². The number of nitrogens with zero attached hydrogens (tertiary/aromatic N) is 3. The highest BCUT2D eigenvalue weighted by Gasteiger charge is 2.68. The molecule has 1 saturated heterocycles. The first-order chi connectivity index (χ1) is 11.1. The predicted molar refractivity (Wildman–Crippen MR) is 97.4 cm³/mol. The highest BCUT2D eigenvalue weighted by Crippen LogP contribution is 2.68. The van der Waals surface area contributed by atoms with E-state index in [9.17, 15) is 4.79 Å². The zero-order valence-electron chi connectivity index (χ0n) is 15.7. The quantitative estimate of drug-likeness (QED) is 0.841. The van der Waals surface area contributed by atoms with Crippen LogP contribution in [-0.4, -0.2) is 38.7 Å². The summed E-state index contributed by atoms with van der Waals surface area (Å²) >= 11 is 5.38. The second kappa shape index (κ2) is 5.68. The first-order valence-corrected chi connectivity index (χ1v) is 9.45. The van der Waals surface area contributed by atoms with E-state index in [-0.39, 0.29) is 28.7 Å². The number of hydrogen-bond acceptors (Lipinski definition) is 3. The molecule has 1 atom stereocenters. The summed E-state index contributed by atoms with van der Waals surface area (Å²) in [4.78, 5) is 15.1. The third-order valence-electron chi connectivity index (χ3n) is 6.61. The minimum Gasteiger partial charge on any atom is -0.342 e. The maximum atomic E-state index is 13.1. The second-order valence-corrected chi connectivity index (χ2v) is 9.24. The number of hydrogen-bond donors (Lipinski definition) is 1. The van der Waals surface area contributed by atoms with Gasteiger partial charge in [0.2, 0.25) is 5.91 Å². The number of likely N-dealkylation sites (tertiary alicyclic amines) is 1. The average molecular weight is 351 g/mol. The average Bonchev–Trinajstić information content (AvgIpc) is 2.79. The van der Waals surface area contributed by atoms with E-state index in [0.29, 0.717) is 10.7 Å². The van der Waals surface area contributed by atoms with Crippen molar-refractivity contribution in [1.29, 1.82) is 0 Å². The van der Waals surface area contributed by atoms with Crippen LogP contribution in [0.5, 0.6) is 0 Å². The van der Waals surface area contributed by atoms with Crippen LogP contribution in [0.3, 0.4) is 0 Å². The summed E-state index contributed by atoms with van der Waals surface area (Å²) in [5, 5.41) is 7.41. The van der Waals surface area contributed by atoms with Gasteiger partial charge in [0.1, 0.15) is 5.82 Å². The number of aromatic amines is 1. The Morgan fingerprint density at radius 2 is 1.92 bits per heavy atom. The molecular formula is C18H30N4OS. The summed E-state index contributed by atoms with van der Waals surface area (Å²) in [5.74, 6) is 1.72. The molecule has 1 N–H and O–H groups in total. The lowest BCUT2D eigenvalue weighted by atomic mass is 9.96. The molecular weight excluding hydrogens is 320 g/mol. The number of carbonyl (C=O) groups is 1. The summed E-state index contributed by atoms with van der Waals surface area (Å²) in [6, 6.07) is 0.277. The minimum atomic E-state index is 0.0923.